The van der Waals surface area contributed by atoms with E-state index in [1.807, 2.05) is 18.4 Å². The number of thiophene rings is 1. The third-order valence-corrected chi connectivity index (χ3v) is 7.24. The molecule has 4 unspecified atom stereocenters. The van der Waals surface area contributed by atoms with Gasteiger partial charge in [-0.2, -0.15) is 0 Å². The Bertz CT molecular complexity index is 807. The van der Waals surface area contributed by atoms with E-state index in [0.717, 1.165) is 12.5 Å². The number of halogens is 1. The first kappa shape index (κ1) is 22.6. The zero-order valence-electron chi connectivity index (χ0n) is 17.6. The zero-order valence-corrected chi connectivity index (χ0v) is 20.7. The number of aliphatic imine (C=N–C) groups is 1. The summed E-state index contributed by atoms with van der Waals surface area (Å²) in [5, 5.41) is 9.47. The van der Waals surface area contributed by atoms with Crippen LogP contribution >= 0.6 is 35.3 Å². The Morgan fingerprint density at radius 1 is 1.24 bits per heavy atom. The van der Waals surface area contributed by atoms with E-state index in [4.69, 9.17) is 0 Å². The van der Waals surface area contributed by atoms with Gasteiger partial charge in [-0.1, -0.05) is 30.3 Å². The molecule has 2 fully saturated rings. The van der Waals surface area contributed by atoms with Gasteiger partial charge >= 0.3 is 0 Å². The Labute approximate surface area is 196 Å². The lowest BCUT2D eigenvalue weighted by atomic mass is 9.88. The fourth-order valence-corrected chi connectivity index (χ4v) is 5.66. The van der Waals surface area contributed by atoms with E-state index < -0.39 is 0 Å². The molecule has 2 N–H and O–H groups in total. The lowest BCUT2D eigenvalue weighted by Crippen LogP contribution is -2.45. The molecule has 2 aromatic rings. The van der Waals surface area contributed by atoms with Crippen molar-refractivity contribution in [1.82, 2.24) is 15.5 Å². The number of nitrogens with zero attached hydrogens (tertiary/aromatic N) is 2. The van der Waals surface area contributed by atoms with E-state index in [-0.39, 0.29) is 24.0 Å². The number of guanidine groups is 1. The quantitative estimate of drug-likeness (QED) is 0.336. The standard InChI is InChI=1S/C23H32N4S.HI/c1-16-8-4-5-10-18(16)19-14-20(19)26-23(24-2)25-15-17-9-6-12-27(3)22(17)21-11-7-13-28-21;/h4-5,7-8,10-11,13,17,19-20,22H,6,9,12,14-15H2,1-3H3,(H2,24,25,26);1H. The molecule has 1 aromatic heterocycles. The molecule has 2 heterocycles. The summed E-state index contributed by atoms with van der Waals surface area (Å²) in [5.41, 5.74) is 2.87. The van der Waals surface area contributed by atoms with E-state index in [1.54, 1.807) is 0 Å². The maximum absolute atomic E-state index is 4.49. The molecule has 0 bridgehead atoms. The van der Waals surface area contributed by atoms with Crippen molar-refractivity contribution in [2.45, 2.75) is 44.2 Å². The lowest BCUT2D eigenvalue weighted by Gasteiger charge is -2.39. The molecule has 1 aliphatic carbocycles. The smallest absolute Gasteiger partial charge is 0.191 e. The molecule has 2 aliphatic rings. The lowest BCUT2D eigenvalue weighted by molar-refractivity contribution is 0.125. The molecule has 1 aliphatic heterocycles. The Kier molecular flexibility index (Phi) is 7.99. The summed E-state index contributed by atoms with van der Waals surface area (Å²) in [6.45, 7) is 4.36. The predicted octanol–water partition coefficient (Wildman–Crippen LogP) is 4.78. The summed E-state index contributed by atoms with van der Waals surface area (Å²) in [6, 6.07) is 14.2. The van der Waals surface area contributed by atoms with Crippen LogP contribution in [0.4, 0.5) is 0 Å². The van der Waals surface area contributed by atoms with Crippen molar-refractivity contribution in [1.29, 1.82) is 0 Å². The second kappa shape index (κ2) is 10.3. The normalized spacial score (nSPS) is 27.2. The minimum absolute atomic E-state index is 0. The zero-order chi connectivity index (χ0) is 19.5. The summed E-state index contributed by atoms with van der Waals surface area (Å²) < 4.78 is 0. The van der Waals surface area contributed by atoms with Crippen LogP contribution in [-0.4, -0.2) is 44.1 Å². The number of rotatable bonds is 5. The molecule has 4 atom stereocenters. The molecule has 4 nitrogen and oxygen atoms in total. The van der Waals surface area contributed by atoms with Crippen LogP contribution in [0.15, 0.2) is 46.8 Å². The number of benzene rings is 1. The van der Waals surface area contributed by atoms with Crippen molar-refractivity contribution in [3.05, 3.63) is 57.8 Å². The molecule has 1 aromatic carbocycles. The van der Waals surface area contributed by atoms with Gasteiger partial charge in [0.05, 0.1) is 0 Å². The largest absolute Gasteiger partial charge is 0.356 e. The van der Waals surface area contributed by atoms with Crippen LogP contribution in [0.1, 0.15) is 47.2 Å². The highest BCUT2D eigenvalue weighted by molar-refractivity contribution is 14.0. The van der Waals surface area contributed by atoms with Gasteiger partial charge in [0.25, 0.3) is 0 Å². The number of aryl methyl sites for hydroxylation is 1. The molecule has 1 saturated carbocycles. The molecule has 4 rings (SSSR count). The molecule has 158 valence electrons. The van der Waals surface area contributed by atoms with E-state index in [1.165, 1.54) is 41.8 Å². The van der Waals surface area contributed by atoms with Crippen molar-refractivity contribution in [3.63, 3.8) is 0 Å². The summed E-state index contributed by atoms with van der Waals surface area (Å²) in [6.07, 6.45) is 3.73. The van der Waals surface area contributed by atoms with Crippen molar-refractivity contribution in [2.75, 3.05) is 27.2 Å². The van der Waals surface area contributed by atoms with E-state index in [0.29, 0.717) is 23.9 Å². The monoisotopic (exact) mass is 524 g/mol. The number of hydrogen-bond acceptors (Lipinski definition) is 3. The van der Waals surface area contributed by atoms with Gasteiger partial charge in [0.15, 0.2) is 5.96 Å². The number of nitrogens with one attached hydrogen (secondary N) is 2. The van der Waals surface area contributed by atoms with E-state index >= 15 is 0 Å². The number of piperidine rings is 1. The van der Waals surface area contributed by atoms with E-state index in [9.17, 15) is 0 Å². The SMILES string of the molecule is CN=C(NCC1CCCN(C)C1c1cccs1)NC1CC1c1ccccc1C.I. The van der Waals surface area contributed by atoms with Crippen LogP contribution in [0.3, 0.4) is 0 Å². The first-order valence-corrected chi connectivity index (χ1v) is 11.3. The fourth-order valence-electron chi connectivity index (χ4n) is 4.68. The summed E-state index contributed by atoms with van der Waals surface area (Å²) in [4.78, 5) is 8.50. The Hall–Kier alpha value is -1.12. The molecular formula is C23H33IN4S. The second-order valence-electron chi connectivity index (χ2n) is 8.25. The molecule has 0 spiro atoms. The first-order chi connectivity index (χ1) is 13.7. The van der Waals surface area contributed by atoms with Crippen molar-refractivity contribution in [2.24, 2.45) is 10.9 Å². The van der Waals surface area contributed by atoms with Crippen LogP contribution in [0.5, 0.6) is 0 Å². The van der Waals surface area contributed by atoms with Gasteiger partial charge in [-0.3, -0.25) is 9.89 Å². The molecule has 1 saturated heterocycles. The average molecular weight is 525 g/mol. The fraction of sp³-hybridized carbons (Fsp3) is 0.522. The Morgan fingerprint density at radius 3 is 2.79 bits per heavy atom. The van der Waals surface area contributed by atoms with Gasteiger partial charge < -0.3 is 10.6 Å². The second-order valence-corrected chi connectivity index (χ2v) is 9.23. The molecule has 0 amide bonds. The minimum Gasteiger partial charge on any atom is -0.356 e. The van der Waals surface area contributed by atoms with Crippen LogP contribution in [-0.2, 0) is 0 Å². The molecular weight excluding hydrogens is 491 g/mol. The van der Waals surface area contributed by atoms with Crippen LogP contribution in [0.2, 0.25) is 0 Å². The maximum atomic E-state index is 4.49. The first-order valence-electron chi connectivity index (χ1n) is 10.4. The van der Waals surface area contributed by atoms with Crippen molar-refractivity contribution >= 4 is 41.3 Å². The summed E-state index contributed by atoms with van der Waals surface area (Å²) >= 11 is 1.88. The minimum atomic E-state index is 0. The molecule has 0 radical (unpaired) electrons. The van der Waals surface area contributed by atoms with Gasteiger partial charge in [-0.05, 0) is 68.3 Å². The van der Waals surface area contributed by atoms with Crippen LogP contribution < -0.4 is 10.6 Å². The molecule has 6 heteroatoms. The van der Waals surface area contributed by atoms with Crippen molar-refractivity contribution in [3.8, 4) is 0 Å². The highest BCUT2D eigenvalue weighted by Gasteiger charge is 2.40. The van der Waals surface area contributed by atoms with Crippen LogP contribution in [0, 0.1) is 12.8 Å². The maximum Gasteiger partial charge on any atom is 0.191 e. The number of hydrogen-bond donors (Lipinski definition) is 2. The molecule has 29 heavy (non-hydrogen) atoms. The highest BCUT2D eigenvalue weighted by atomic mass is 127. The third-order valence-electron chi connectivity index (χ3n) is 6.30. The Morgan fingerprint density at radius 2 is 2.07 bits per heavy atom. The van der Waals surface area contributed by atoms with E-state index in [2.05, 4.69) is 76.3 Å². The van der Waals surface area contributed by atoms with Crippen LogP contribution in [0.25, 0.3) is 0 Å². The topological polar surface area (TPSA) is 39.7 Å². The van der Waals surface area contributed by atoms with Gasteiger partial charge in [0, 0.05) is 36.5 Å². The summed E-state index contributed by atoms with van der Waals surface area (Å²) in [5.74, 6) is 2.17. The average Bonchev–Trinajstić information content (AvgIpc) is 3.24. The van der Waals surface area contributed by atoms with Gasteiger partial charge in [0.2, 0.25) is 0 Å². The van der Waals surface area contributed by atoms with Crippen molar-refractivity contribution < 1.29 is 0 Å². The predicted molar refractivity (Wildman–Crippen MR) is 135 cm³/mol. The summed E-state index contributed by atoms with van der Waals surface area (Å²) in [7, 11) is 4.14. The van der Waals surface area contributed by atoms with Gasteiger partial charge in [-0.25, -0.2) is 0 Å². The van der Waals surface area contributed by atoms with Gasteiger partial charge in [0.1, 0.15) is 0 Å². The number of likely N-dealkylation sites (tertiary alicyclic amines) is 1. The van der Waals surface area contributed by atoms with Gasteiger partial charge in [-0.15, -0.1) is 35.3 Å². The highest BCUT2D eigenvalue weighted by Crippen LogP contribution is 2.42. The Balaban J connectivity index is 0.00000240. The third kappa shape index (κ3) is 5.33.